The lowest BCUT2D eigenvalue weighted by molar-refractivity contribution is 0.432. The smallest absolute Gasteiger partial charge is 0.268 e. The van der Waals surface area contributed by atoms with E-state index in [-0.39, 0.29) is 27.5 Å². The number of thiazole rings is 1. The molecule has 10 heteroatoms. The van der Waals surface area contributed by atoms with Crippen molar-refractivity contribution in [3.63, 3.8) is 0 Å². The summed E-state index contributed by atoms with van der Waals surface area (Å²) in [5.41, 5.74) is 1.34. The van der Waals surface area contributed by atoms with E-state index in [4.69, 9.17) is 4.74 Å². The van der Waals surface area contributed by atoms with Gasteiger partial charge in [0.15, 0.2) is 11.6 Å². The first kappa shape index (κ1) is 23.5. The Morgan fingerprint density at radius 1 is 1.06 bits per heavy atom. The van der Waals surface area contributed by atoms with E-state index in [1.807, 2.05) is 6.92 Å². The zero-order valence-electron chi connectivity index (χ0n) is 18.5. The average molecular weight is 528 g/mol. The molecule has 0 aliphatic rings. The first-order valence-corrected chi connectivity index (χ1v) is 13.8. The number of hydrogen-bond donors (Lipinski definition) is 0. The minimum absolute atomic E-state index is 0.0706. The monoisotopic (exact) mass is 527 g/mol. The predicted octanol–water partition coefficient (Wildman–Crippen LogP) is 6.90. The minimum atomic E-state index is -3.94. The molecule has 0 spiro atoms. The van der Waals surface area contributed by atoms with Gasteiger partial charge in [-0.3, -0.25) is 0 Å². The van der Waals surface area contributed by atoms with Gasteiger partial charge in [0.2, 0.25) is 0 Å². The lowest BCUT2D eigenvalue weighted by Gasteiger charge is -2.14. The molecular formula is C25H17F2N2O3S3. The van der Waals surface area contributed by atoms with Crippen molar-refractivity contribution in [3.05, 3.63) is 89.6 Å². The SMILES string of the molecule is CSc1c(Oc2ccc(F)c(-c3n[c]cs3)c2)c(F)cc2c1ccn2S(=O)(=O)c1ccc(C)cc1. The maximum atomic E-state index is 15.4. The number of fused-ring (bicyclic) bond motifs is 1. The molecule has 2 aromatic heterocycles. The Hall–Kier alpha value is -3.21. The highest BCUT2D eigenvalue weighted by Crippen LogP contribution is 2.42. The van der Waals surface area contributed by atoms with Gasteiger partial charge in [-0.2, -0.15) is 0 Å². The second kappa shape index (κ2) is 9.10. The van der Waals surface area contributed by atoms with Crippen LogP contribution in [0.25, 0.3) is 21.5 Å². The van der Waals surface area contributed by atoms with Crippen LogP contribution >= 0.6 is 23.1 Å². The van der Waals surface area contributed by atoms with E-state index in [0.717, 1.165) is 15.6 Å². The van der Waals surface area contributed by atoms with Crippen LogP contribution in [0.4, 0.5) is 8.78 Å². The molecule has 0 unspecified atom stereocenters. The number of ether oxygens (including phenoxy) is 1. The summed E-state index contributed by atoms with van der Waals surface area (Å²) in [5.74, 6) is -1.08. The number of thioether (sulfide) groups is 1. The van der Waals surface area contributed by atoms with Crippen LogP contribution in [0.15, 0.2) is 76.0 Å². The molecule has 0 atom stereocenters. The van der Waals surface area contributed by atoms with Crippen molar-refractivity contribution in [2.45, 2.75) is 16.7 Å². The fraction of sp³-hybridized carbons (Fsp3) is 0.0800. The summed E-state index contributed by atoms with van der Waals surface area (Å²) >= 11 is 2.44. The zero-order chi connectivity index (χ0) is 24.7. The Balaban J connectivity index is 1.60. The highest BCUT2D eigenvalue weighted by molar-refractivity contribution is 7.99. The van der Waals surface area contributed by atoms with Crippen LogP contribution in [0.5, 0.6) is 11.5 Å². The highest BCUT2D eigenvalue weighted by Gasteiger charge is 2.24. The van der Waals surface area contributed by atoms with Crippen LogP contribution in [0.3, 0.4) is 0 Å². The molecule has 5 rings (SSSR count). The molecule has 0 saturated carbocycles. The van der Waals surface area contributed by atoms with Crippen LogP contribution in [0.1, 0.15) is 5.56 Å². The molecule has 0 bridgehead atoms. The first-order valence-electron chi connectivity index (χ1n) is 10.3. The number of halogens is 2. The first-order chi connectivity index (χ1) is 16.8. The molecule has 35 heavy (non-hydrogen) atoms. The number of nitrogens with zero attached hydrogens (tertiary/aromatic N) is 2. The van der Waals surface area contributed by atoms with Crippen LogP contribution in [0.2, 0.25) is 0 Å². The van der Waals surface area contributed by atoms with E-state index in [9.17, 15) is 12.8 Å². The fourth-order valence-corrected chi connectivity index (χ4v) is 6.34. The summed E-state index contributed by atoms with van der Waals surface area (Å²) in [7, 11) is -3.94. The Morgan fingerprint density at radius 2 is 1.83 bits per heavy atom. The van der Waals surface area contributed by atoms with Gasteiger partial charge in [0.25, 0.3) is 10.0 Å². The van der Waals surface area contributed by atoms with Crippen LogP contribution in [0, 0.1) is 24.8 Å². The van der Waals surface area contributed by atoms with E-state index < -0.39 is 21.7 Å². The van der Waals surface area contributed by atoms with Crippen LogP contribution in [-0.2, 0) is 10.0 Å². The van der Waals surface area contributed by atoms with E-state index >= 15 is 4.39 Å². The third kappa shape index (κ3) is 4.22. The molecular weight excluding hydrogens is 510 g/mol. The Bertz CT molecular complexity index is 1650. The van der Waals surface area contributed by atoms with E-state index in [0.29, 0.717) is 15.3 Å². The van der Waals surface area contributed by atoms with Crippen molar-refractivity contribution in [3.8, 4) is 22.1 Å². The van der Waals surface area contributed by atoms with Gasteiger partial charge in [0.05, 0.1) is 15.3 Å². The van der Waals surface area contributed by atoms with E-state index in [1.54, 1.807) is 29.8 Å². The summed E-state index contributed by atoms with van der Waals surface area (Å²) in [5, 5.41) is 2.55. The van der Waals surface area contributed by atoms with E-state index in [1.165, 1.54) is 59.6 Å². The van der Waals surface area contributed by atoms with Crippen molar-refractivity contribution in [2.75, 3.05) is 6.26 Å². The molecule has 5 aromatic rings. The normalized spacial score (nSPS) is 11.8. The third-order valence-electron chi connectivity index (χ3n) is 5.38. The molecule has 2 heterocycles. The van der Waals surface area contributed by atoms with Gasteiger partial charge in [-0.1, -0.05) is 17.7 Å². The Kier molecular flexibility index (Phi) is 6.12. The molecule has 0 N–H and O–H groups in total. The lowest BCUT2D eigenvalue weighted by Crippen LogP contribution is -2.12. The maximum absolute atomic E-state index is 15.4. The summed E-state index contributed by atoms with van der Waals surface area (Å²) in [6, 6.07) is 13.3. The topological polar surface area (TPSA) is 61.2 Å². The molecule has 0 aliphatic heterocycles. The van der Waals surface area contributed by atoms with Crippen LogP contribution < -0.4 is 4.74 Å². The fourth-order valence-electron chi connectivity index (χ4n) is 3.67. The van der Waals surface area contributed by atoms with Gasteiger partial charge in [0.1, 0.15) is 22.8 Å². The average Bonchev–Trinajstić information content (AvgIpc) is 3.51. The maximum Gasteiger partial charge on any atom is 0.268 e. The summed E-state index contributed by atoms with van der Waals surface area (Å²) in [4.78, 5) is 4.53. The second-order valence-corrected chi connectivity index (χ2v) is 11.1. The van der Waals surface area contributed by atoms with Crippen molar-refractivity contribution < 1.29 is 21.9 Å². The highest BCUT2D eigenvalue weighted by atomic mass is 32.2. The number of benzene rings is 3. The molecule has 177 valence electrons. The largest absolute Gasteiger partial charge is 0.453 e. The van der Waals surface area contributed by atoms with E-state index in [2.05, 4.69) is 11.2 Å². The van der Waals surface area contributed by atoms with Gasteiger partial charge < -0.3 is 4.74 Å². The standard InChI is InChI=1S/C25H17F2N2O3S3/c1-15-3-6-17(7-4-15)35(30,31)29-11-9-18-22(29)14-21(27)23(24(18)33-2)32-16-5-8-20(26)19(13-16)25-28-10-12-34-25/h3-9,11-14H,1-2H3. The lowest BCUT2D eigenvalue weighted by atomic mass is 10.2. The second-order valence-electron chi connectivity index (χ2n) is 7.61. The Labute approximate surface area is 209 Å². The molecule has 3 aromatic carbocycles. The van der Waals surface area contributed by atoms with Gasteiger partial charge in [-0.25, -0.2) is 26.2 Å². The number of rotatable bonds is 6. The summed E-state index contributed by atoms with van der Waals surface area (Å²) in [6.45, 7) is 1.86. The zero-order valence-corrected chi connectivity index (χ0v) is 20.9. The van der Waals surface area contributed by atoms with Crippen molar-refractivity contribution in [2.24, 2.45) is 0 Å². The van der Waals surface area contributed by atoms with Gasteiger partial charge in [-0.15, -0.1) is 23.1 Å². The van der Waals surface area contributed by atoms with Crippen molar-refractivity contribution in [1.82, 2.24) is 8.96 Å². The third-order valence-corrected chi connectivity index (χ3v) is 8.66. The molecule has 1 radical (unpaired) electrons. The summed E-state index contributed by atoms with van der Waals surface area (Å²) < 4.78 is 63.1. The molecule has 0 fully saturated rings. The van der Waals surface area contributed by atoms with Gasteiger partial charge >= 0.3 is 0 Å². The molecule has 5 nitrogen and oxygen atoms in total. The molecule has 0 saturated heterocycles. The van der Waals surface area contributed by atoms with Gasteiger partial charge in [0, 0.05) is 28.6 Å². The van der Waals surface area contributed by atoms with Crippen molar-refractivity contribution in [1.29, 1.82) is 0 Å². The number of aromatic nitrogens is 2. The van der Waals surface area contributed by atoms with Crippen LogP contribution in [-0.4, -0.2) is 23.6 Å². The predicted molar refractivity (Wildman–Crippen MR) is 134 cm³/mol. The minimum Gasteiger partial charge on any atom is -0.453 e. The van der Waals surface area contributed by atoms with Crippen molar-refractivity contribution >= 4 is 44.0 Å². The summed E-state index contributed by atoms with van der Waals surface area (Å²) in [6.07, 6.45) is 5.79. The Morgan fingerprint density at radius 3 is 2.51 bits per heavy atom. The van der Waals surface area contributed by atoms with Gasteiger partial charge in [-0.05, 0) is 49.6 Å². The number of aryl methyl sites for hydroxylation is 1. The number of hydrogen-bond acceptors (Lipinski definition) is 6. The quantitative estimate of drug-likeness (QED) is 0.225. The molecule has 0 aliphatic carbocycles. The molecule has 0 amide bonds.